The summed E-state index contributed by atoms with van der Waals surface area (Å²) in [5.74, 6) is -0.677. The molecule has 0 spiro atoms. The summed E-state index contributed by atoms with van der Waals surface area (Å²) in [6.07, 6.45) is 23.3. The lowest BCUT2D eigenvalue weighted by Crippen LogP contribution is -1.93. The molecule has 0 amide bonds. The van der Waals surface area contributed by atoms with E-state index in [1.54, 1.807) is 0 Å². The second kappa shape index (κ2) is 19.5. The van der Waals surface area contributed by atoms with Crippen molar-refractivity contribution in [1.82, 2.24) is 0 Å². The largest absolute Gasteiger partial charge is 0.481 e. The highest BCUT2D eigenvalue weighted by molar-refractivity contribution is 5.75. The van der Waals surface area contributed by atoms with Crippen LogP contribution in [0.3, 0.4) is 0 Å². The van der Waals surface area contributed by atoms with Crippen LogP contribution in [0.2, 0.25) is 0 Å². The monoisotopic (exact) mass is 304 g/mol. The summed E-state index contributed by atoms with van der Waals surface area (Å²) in [5.41, 5.74) is 0. The number of rotatable bonds is 13. The number of carboxylic acids is 1. The third-order valence-electron chi connectivity index (χ3n) is 3.09. The maximum Gasteiger partial charge on any atom is 0.316 e. The Balaban J connectivity index is 0. The quantitative estimate of drug-likeness (QED) is 0.303. The fraction of sp³-hybridized carbons (Fsp3) is 0.611. The van der Waals surface area contributed by atoms with Crippen molar-refractivity contribution in [2.24, 2.45) is 0 Å². The highest BCUT2D eigenvalue weighted by Gasteiger charge is 1.95. The summed E-state index contributed by atoms with van der Waals surface area (Å²) in [7, 11) is 0. The molecule has 0 aliphatic heterocycles. The third kappa shape index (κ3) is 21.9. The van der Waals surface area contributed by atoms with E-state index >= 15 is 0 Å². The van der Waals surface area contributed by atoms with Crippen molar-refractivity contribution in [1.29, 1.82) is 0 Å². The van der Waals surface area contributed by atoms with E-state index in [4.69, 9.17) is 5.11 Å². The van der Waals surface area contributed by atoms with Crippen molar-refractivity contribution < 1.29 is 9.90 Å². The summed E-state index contributed by atoms with van der Waals surface area (Å²) < 4.78 is 0. The van der Waals surface area contributed by atoms with Gasteiger partial charge in [0.1, 0.15) is 0 Å². The van der Waals surface area contributed by atoms with Crippen molar-refractivity contribution in [2.45, 2.75) is 71.1 Å². The molecule has 0 fully saturated rings. The average Bonchev–Trinajstić information content (AvgIpc) is 2.43. The molecule has 0 rings (SSSR count). The standard InChI is InChI=1S/C18H30O2.Mg.2H/c1-2-3-4-5-6-7-8-9-10-11-12-13-14-15-16-17-18(19)20;;;/h5-10H,2-4,11-17H2,1H3,(H,19,20);;;. The molecule has 2 nitrogen and oxygen atoms in total. The second-order valence-electron chi connectivity index (χ2n) is 5.08. The van der Waals surface area contributed by atoms with E-state index in [1.165, 1.54) is 32.1 Å². The van der Waals surface area contributed by atoms with Gasteiger partial charge in [0.15, 0.2) is 0 Å². The van der Waals surface area contributed by atoms with Gasteiger partial charge in [0.05, 0.1) is 0 Å². The topological polar surface area (TPSA) is 37.3 Å². The highest BCUT2D eigenvalue weighted by atomic mass is 24.3. The zero-order valence-corrected chi connectivity index (χ0v) is 12.9. The van der Waals surface area contributed by atoms with Gasteiger partial charge in [0.2, 0.25) is 0 Å². The smallest absolute Gasteiger partial charge is 0.316 e. The SMILES string of the molecule is CCCCC=CC=CC=CCCCCCCCC(=O)O.[MgH2]. The normalized spacial score (nSPS) is 11.5. The molecule has 0 aliphatic rings. The average molecular weight is 305 g/mol. The Hall–Kier alpha value is -0.544. The number of aliphatic carboxylic acids is 1. The predicted molar refractivity (Wildman–Crippen MR) is 95.4 cm³/mol. The molecule has 1 N–H and O–H groups in total. The van der Waals surface area contributed by atoms with Gasteiger partial charge in [-0.05, 0) is 25.7 Å². The van der Waals surface area contributed by atoms with Gasteiger partial charge in [-0.15, -0.1) is 0 Å². The Morgan fingerprint density at radius 3 is 1.90 bits per heavy atom. The van der Waals surface area contributed by atoms with Crippen molar-refractivity contribution >= 4 is 29.0 Å². The predicted octanol–water partition coefficient (Wildman–Crippen LogP) is 4.74. The molecule has 21 heavy (non-hydrogen) atoms. The Morgan fingerprint density at radius 1 is 0.810 bits per heavy atom. The molecule has 0 bridgehead atoms. The Labute approximate surface area is 146 Å². The molecule has 0 saturated heterocycles. The van der Waals surface area contributed by atoms with Crippen LogP contribution in [0.15, 0.2) is 36.5 Å². The van der Waals surface area contributed by atoms with Crippen LogP contribution in [-0.2, 0) is 4.79 Å². The van der Waals surface area contributed by atoms with Crippen LogP contribution in [0.4, 0.5) is 0 Å². The van der Waals surface area contributed by atoms with Crippen LogP contribution < -0.4 is 0 Å². The van der Waals surface area contributed by atoms with Crippen molar-refractivity contribution in [3.8, 4) is 0 Å². The molecule has 0 atom stereocenters. The minimum absolute atomic E-state index is 0. The zero-order chi connectivity index (χ0) is 14.9. The zero-order valence-electron chi connectivity index (χ0n) is 12.9. The van der Waals surface area contributed by atoms with Gasteiger partial charge in [0, 0.05) is 6.42 Å². The van der Waals surface area contributed by atoms with Crippen LogP contribution >= 0.6 is 0 Å². The number of unbranched alkanes of at least 4 members (excludes halogenated alkanes) is 7. The van der Waals surface area contributed by atoms with Gasteiger partial charge in [-0.1, -0.05) is 75.5 Å². The van der Waals surface area contributed by atoms with E-state index in [9.17, 15) is 4.79 Å². The van der Waals surface area contributed by atoms with Crippen molar-refractivity contribution in [2.75, 3.05) is 0 Å². The van der Waals surface area contributed by atoms with Crippen LogP contribution in [0.5, 0.6) is 0 Å². The lowest BCUT2D eigenvalue weighted by Gasteiger charge is -1.97. The first-order valence-electron chi connectivity index (χ1n) is 7.97. The molecule has 118 valence electrons. The summed E-state index contributed by atoms with van der Waals surface area (Å²) in [6.45, 7) is 2.21. The minimum Gasteiger partial charge on any atom is -0.481 e. The van der Waals surface area contributed by atoms with Crippen LogP contribution in [0, 0.1) is 0 Å². The summed E-state index contributed by atoms with van der Waals surface area (Å²) >= 11 is 0. The highest BCUT2D eigenvalue weighted by Crippen LogP contribution is 2.07. The van der Waals surface area contributed by atoms with Gasteiger partial charge in [-0.2, -0.15) is 0 Å². The van der Waals surface area contributed by atoms with Gasteiger partial charge in [-0.25, -0.2) is 0 Å². The summed E-state index contributed by atoms with van der Waals surface area (Å²) in [6, 6.07) is 0. The summed E-state index contributed by atoms with van der Waals surface area (Å²) in [4.78, 5) is 10.3. The molecular formula is C18H32MgO2. The third-order valence-corrected chi connectivity index (χ3v) is 3.09. The lowest BCUT2D eigenvalue weighted by molar-refractivity contribution is -0.137. The van der Waals surface area contributed by atoms with Crippen LogP contribution in [0.25, 0.3) is 0 Å². The number of carboxylic acid groups (broad SMARTS) is 1. The van der Waals surface area contributed by atoms with Gasteiger partial charge >= 0.3 is 29.0 Å². The molecule has 3 heteroatoms. The van der Waals surface area contributed by atoms with E-state index in [2.05, 4.69) is 43.4 Å². The van der Waals surface area contributed by atoms with Gasteiger partial charge in [0.25, 0.3) is 0 Å². The first kappa shape index (κ1) is 22.7. The van der Waals surface area contributed by atoms with Crippen LogP contribution in [0.1, 0.15) is 71.1 Å². The Morgan fingerprint density at radius 2 is 1.33 bits per heavy atom. The van der Waals surface area contributed by atoms with Crippen LogP contribution in [-0.4, -0.2) is 34.1 Å². The molecule has 0 saturated carbocycles. The Bertz CT molecular complexity index is 306. The number of hydrogen-bond acceptors (Lipinski definition) is 1. The van der Waals surface area contributed by atoms with E-state index in [1.807, 2.05) is 0 Å². The Kier molecular flexibility index (Phi) is 21.1. The maximum absolute atomic E-state index is 10.3. The van der Waals surface area contributed by atoms with E-state index < -0.39 is 5.97 Å². The van der Waals surface area contributed by atoms with Crippen molar-refractivity contribution in [3.63, 3.8) is 0 Å². The fourth-order valence-electron chi connectivity index (χ4n) is 1.87. The lowest BCUT2D eigenvalue weighted by atomic mass is 10.1. The number of carbonyl (C=O) groups is 1. The van der Waals surface area contributed by atoms with Gasteiger partial charge < -0.3 is 5.11 Å². The number of hydrogen-bond donors (Lipinski definition) is 1. The molecule has 0 aromatic carbocycles. The molecule has 0 aliphatic carbocycles. The molecule has 0 aromatic rings. The fourth-order valence-corrected chi connectivity index (χ4v) is 1.87. The second-order valence-corrected chi connectivity index (χ2v) is 5.08. The number of allylic oxidation sites excluding steroid dienone is 6. The maximum atomic E-state index is 10.3. The van der Waals surface area contributed by atoms with Gasteiger partial charge in [-0.3, -0.25) is 4.79 Å². The van der Waals surface area contributed by atoms with E-state index in [0.717, 1.165) is 25.7 Å². The minimum atomic E-state index is -0.677. The first-order valence-corrected chi connectivity index (χ1v) is 7.97. The van der Waals surface area contributed by atoms with Crippen molar-refractivity contribution in [3.05, 3.63) is 36.5 Å². The first-order chi connectivity index (χ1) is 9.77. The molecule has 0 radical (unpaired) electrons. The van der Waals surface area contributed by atoms with E-state index in [0.29, 0.717) is 6.42 Å². The van der Waals surface area contributed by atoms with E-state index in [-0.39, 0.29) is 23.1 Å². The molecule has 0 aromatic heterocycles. The molecule has 0 unspecified atom stereocenters. The summed E-state index contributed by atoms with van der Waals surface area (Å²) in [5, 5.41) is 8.50. The molecule has 0 heterocycles. The molecular weight excluding hydrogens is 273 g/mol.